The van der Waals surface area contributed by atoms with E-state index in [0.717, 1.165) is 11.5 Å². The molecule has 0 aliphatic heterocycles. The minimum atomic E-state index is 0.124. The number of hydrogen-bond donors (Lipinski definition) is 1. The highest BCUT2D eigenvalue weighted by Gasteiger charge is 2.09. The molecule has 0 saturated heterocycles. The molecule has 1 N–H and O–H groups in total. The molecule has 5 heteroatoms. The number of nitrogens with one attached hydrogen (secondary N) is 1. The quantitative estimate of drug-likeness (QED) is 0.834. The third-order valence-electron chi connectivity index (χ3n) is 2.36. The molecule has 1 unspecified atom stereocenters. The van der Waals surface area contributed by atoms with Crippen LogP contribution >= 0.6 is 11.6 Å². The Balaban J connectivity index is 2.14. The SMILES string of the molecule is CC(Nc1ccnc(Cl)c1)c1nccn1C. The van der Waals surface area contributed by atoms with Gasteiger partial charge in [-0.3, -0.25) is 0 Å². The van der Waals surface area contributed by atoms with E-state index in [0.29, 0.717) is 5.15 Å². The van der Waals surface area contributed by atoms with Gasteiger partial charge in [-0.25, -0.2) is 9.97 Å². The van der Waals surface area contributed by atoms with Gasteiger partial charge in [-0.1, -0.05) is 11.6 Å². The van der Waals surface area contributed by atoms with Gasteiger partial charge in [0.15, 0.2) is 0 Å². The van der Waals surface area contributed by atoms with Crippen molar-refractivity contribution >= 4 is 17.3 Å². The normalized spacial score (nSPS) is 12.4. The summed E-state index contributed by atoms with van der Waals surface area (Å²) in [7, 11) is 1.97. The molecule has 0 bridgehead atoms. The summed E-state index contributed by atoms with van der Waals surface area (Å²) in [6.07, 6.45) is 5.38. The molecule has 2 heterocycles. The lowest BCUT2D eigenvalue weighted by atomic mass is 10.3. The Morgan fingerprint density at radius 2 is 2.19 bits per heavy atom. The van der Waals surface area contributed by atoms with Crippen molar-refractivity contribution in [1.82, 2.24) is 14.5 Å². The summed E-state index contributed by atoms with van der Waals surface area (Å²) in [6, 6.07) is 3.80. The van der Waals surface area contributed by atoms with E-state index in [2.05, 4.69) is 22.2 Å². The van der Waals surface area contributed by atoms with Gasteiger partial charge in [-0.15, -0.1) is 0 Å². The van der Waals surface area contributed by atoms with Gasteiger partial charge in [-0.2, -0.15) is 0 Å². The molecule has 0 radical (unpaired) electrons. The molecule has 0 spiro atoms. The van der Waals surface area contributed by atoms with Gasteiger partial charge in [0, 0.05) is 31.3 Å². The second-order valence-electron chi connectivity index (χ2n) is 3.63. The minimum Gasteiger partial charge on any atom is -0.375 e. The molecule has 0 saturated carbocycles. The van der Waals surface area contributed by atoms with Crippen LogP contribution in [0.5, 0.6) is 0 Å². The van der Waals surface area contributed by atoms with E-state index in [1.807, 2.05) is 23.9 Å². The Morgan fingerprint density at radius 1 is 1.38 bits per heavy atom. The van der Waals surface area contributed by atoms with Crippen molar-refractivity contribution in [3.63, 3.8) is 0 Å². The number of nitrogens with zero attached hydrogens (tertiary/aromatic N) is 3. The van der Waals surface area contributed by atoms with Crippen LogP contribution in [0.25, 0.3) is 0 Å². The Bertz CT molecular complexity index is 480. The van der Waals surface area contributed by atoms with E-state index in [9.17, 15) is 0 Å². The van der Waals surface area contributed by atoms with Gasteiger partial charge in [0.25, 0.3) is 0 Å². The lowest BCUT2D eigenvalue weighted by molar-refractivity contribution is 0.721. The maximum atomic E-state index is 5.81. The maximum absolute atomic E-state index is 5.81. The van der Waals surface area contributed by atoms with Crippen molar-refractivity contribution in [3.8, 4) is 0 Å². The average Bonchev–Trinajstić information content (AvgIpc) is 2.64. The van der Waals surface area contributed by atoms with E-state index in [1.165, 1.54) is 0 Å². The lowest BCUT2D eigenvalue weighted by Crippen LogP contribution is -2.11. The molecule has 0 fully saturated rings. The van der Waals surface area contributed by atoms with Gasteiger partial charge in [-0.05, 0) is 19.1 Å². The summed E-state index contributed by atoms with van der Waals surface area (Å²) in [5.74, 6) is 0.980. The molecule has 2 aromatic rings. The number of anilines is 1. The number of hydrogen-bond acceptors (Lipinski definition) is 3. The fraction of sp³-hybridized carbons (Fsp3) is 0.273. The Hall–Kier alpha value is -1.55. The van der Waals surface area contributed by atoms with E-state index < -0.39 is 0 Å². The van der Waals surface area contributed by atoms with Crippen LogP contribution in [0.3, 0.4) is 0 Å². The first-order valence-corrected chi connectivity index (χ1v) is 5.40. The van der Waals surface area contributed by atoms with Gasteiger partial charge >= 0.3 is 0 Å². The van der Waals surface area contributed by atoms with E-state index in [1.54, 1.807) is 18.5 Å². The van der Waals surface area contributed by atoms with Crippen molar-refractivity contribution in [2.75, 3.05) is 5.32 Å². The van der Waals surface area contributed by atoms with Gasteiger partial charge in [0.05, 0.1) is 6.04 Å². The number of aryl methyl sites for hydroxylation is 1. The fourth-order valence-corrected chi connectivity index (χ4v) is 1.78. The third-order valence-corrected chi connectivity index (χ3v) is 2.56. The van der Waals surface area contributed by atoms with Crippen LogP contribution in [0.15, 0.2) is 30.7 Å². The number of halogens is 1. The van der Waals surface area contributed by atoms with Crippen molar-refractivity contribution in [1.29, 1.82) is 0 Å². The van der Waals surface area contributed by atoms with Crippen LogP contribution in [0.2, 0.25) is 5.15 Å². The first-order chi connectivity index (χ1) is 7.66. The molecule has 16 heavy (non-hydrogen) atoms. The van der Waals surface area contributed by atoms with E-state index in [4.69, 9.17) is 11.6 Å². The van der Waals surface area contributed by atoms with E-state index >= 15 is 0 Å². The Labute approximate surface area is 99.3 Å². The van der Waals surface area contributed by atoms with Crippen molar-refractivity contribution in [2.24, 2.45) is 7.05 Å². The smallest absolute Gasteiger partial charge is 0.131 e. The summed E-state index contributed by atoms with van der Waals surface area (Å²) in [6.45, 7) is 2.05. The monoisotopic (exact) mass is 236 g/mol. The number of rotatable bonds is 3. The molecule has 1 atom stereocenters. The van der Waals surface area contributed by atoms with Gasteiger partial charge in [0.2, 0.25) is 0 Å². The minimum absolute atomic E-state index is 0.124. The maximum Gasteiger partial charge on any atom is 0.131 e. The zero-order valence-electron chi connectivity index (χ0n) is 9.18. The number of pyridine rings is 1. The summed E-state index contributed by atoms with van der Waals surface area (Å²) in [5, 5.41) is 3.80. The van der Waals surface area contributed by atoms with Crippen molar-refractivity contribution in [2.45, 2.75) is 13.0 Å². The van der Waals surface area contributed by atoms with Crippen LogP contribution in [0, 0.1) is 0 Å². The molecule has 0 aliphatic carbocycles. The van der Waals surface area contributed by atoms with Crippen LogP contribution < -0.4 is 5.32 Å². The molecule has 0 aromatic carbocycles. The highest BCUT2D eigenvalue weighted by atomic mass is 35.5. The largest absolute Gasteiger partial charge is 0.375 e. The predicted molar refractivity (Wildman–Crippen MR) is 64.5 cm³/mol. The number of aromatic nitrogens is 3. The zero-order chi connectivity index (χ0) is 11.5. The molecule has 4 nitrogen and oxygen atoms in total. The first-order valence-electron chi connectivity index (χ1n) is 5.02. The van der Waals surface area contributed by atoms with Crippen LogP contribution in [0.4, 0.5) is 5.69 Å². The molecule has 0 amide bonds. The van der Waals surface area contributed by atoms with Gasteiger partial charge in [0.1, 0.15) is 11.0 Å². The summed E-state index contributed by atoms with van der Waals surface area (Å²) >= 11 is 5.81. The molecule has 84 valence electrons. The van der Waals surface area contributed by atoms with Crippen molar-refractivity contribution < 1.29 is 0 Å². The first kappa shape index (κ1) is 11.0. The Morgan fingerprint density at radius 3 is 2.81 bits per heavy atom. The molecular formula is C11H13ClN4. The zero-order valence-corrected chi connectivity index (χ0v) is 9.94. The topological polar surface area (TPSA) is 42.7 Å². The van der Waals surface area contributed by atoms with E-state index in [-0.39, 0.29) is 6.04 Å². The van der Waals surface area contributed by atoms with Crippen LogP contribution in [-0.4, -0.2) is 14.5 Å². The average molecular weight is 237 g/mol. The second-order valence-corrected chi connectivity index (χ2v) is 4.02. The fourth-order valence-electron chi connectivity index (χ4n) is 1.60. The van der Waals surface area contributed by atoms with Crippen LogP contribution in [-0.2, 0) is 7.05 Å². The predicted octanol–water partition coefficient (Wildman–Crippen LogP) is 2.64. The summed E-state index contributed by atoms with van der Waals surface area (Å²) in [4.78, 5) is 8.22. The Kier molecular flexibility index (Phi) is 3.10. The summed E-state index contributed by atoms with van der Waals surface area (Å²) in [5.41, 5.74) is 0.940. The standard InChI is InChI=1S/C11H13ClN4/c1-8(11-14-5-6-16(11)2)15-9-3-4-13-10(12)7-9/h3-8H,1-2H3,(H,13,15). The van der Waals surface area contributed by atoms with Crippen molar-refractivity contribution in [3.05, 3.63) is 41.7 Å². The second kappa shape index (κ2) is 4.53. The lowest BCUT2D eigenvalue weighted by Gasteiger charge is -2.14. The van der Waals surface area contributed by atoms with Crippen LogP contribution in [0.1, 0.15) is 18.8 Å². The van der Waals surface area contributed by atoms with Gasteiger partial charge < -0.3 is 9.88 Å². The number of imidazole rings is 1. The molecule has 0 aliphatic rings. The molecule has 2 rings (SSSR count). The summed E-state index contributed by atoms with van der Waals surface area (Å²) < 4.78 is 1.99. The highest BCUT2D eigenvalue weighted by Crippen LogP contribution is 2.18. The third kappa shape index (κ3) is 2.33. The molecular weight excluding hydrogens is 224 g/mol. The molecule has 2 aromatic heterocycles. The highest BCUT2D eigenvalue weighted by molar-refractivity contribution is 6.29.